The molecule has 0 aliphatic carbocycles. The van der Waals surface area contributed by atoms with E-state index in [1.54, 1.807) is 38.5 Å². The van der Waals surface area contributed by atoms with Gasteiger partial charge in [0.15, 0.2) is 34.6 Å². The summed E-state index contributed by atoms with van der Waals surface area (Å²) in [5.41, 5.74) is 1.31. The summed E-state index contributed by atoms with van der Waals surface area (Å²) < 4.78 is 21.2. The maximum atomic E-state index is 9.94. The summed E-state index contributed by atoms with van der Waals surface area (Å²) in [6, 6.07) is 8.51. The largest absolute Gasteiger partial charge is 0.504 e. The minimum atomic E-state index is 0.0139. The number of methoxy groups -OCH3 is 4. The van der Waals surface area contributed by atoms with E-state index in [1.165, 1.54) is 20.3 Å². The maximum Gasteiger partial charge on any atom is 0.204 e. The highest BCUT2D eigenvalue weighted by atomic mass is 16.5. The molecule has 0 saturated heterocycles. The minimum absolute atomic E-state index is 0.0139. The second-order valence-corrected chi connectivity index (χ2v) is 5.28. The summed E-state index contributed by atoms with van der Waals surface area (Å²) in [4.78, 5) is 4.49. The van der Waals surface area contributed by atoms with E-state index < -0.39 is 0 Å². The Labute approximate surface area is 150 Å². The number of aromatic nitrogens is 3. The number of hydrogen-bond acceptors (Lipinski definition) is 7. The first kappa shape index (κ1) is 17.4. The summed E-state index contributed by atoms with van der Waals surface area (Å²) in [5.74, 6) is 2.81. The highest BCUT2D eigenvalue weighted by molar-refractivity contribution is 5.73. The highest BCUT2D eigenvalue weighted by Gasteiger charge is 2.20. The molecule has 0 bridgehead atoms. The molecule has 2 aromatic carbocycles. The number of ether oxygens (including phenoxy) is 4. The summed E-state index contributed by atoms with van der Waals surface area (Å²) in [6.45, 7) is 0. The Morgan fingerprint density at radius 2 is 1.54 bits per heavy atom. The topological polar surface area (TPSA) is 98.7 Å². The summed E-state index contributed by atoms with van der Waals surface area (Å²) in [7, 11) is 6.12. The van der Waals surface area contributed by atoms with E-state index in [4.69, 9.17) is 18.9 Å². The Bertz CT molecular complexity index is 923. The van der Waals surface area contributed by atoms with E-state index in [9.17, 15) is 5.11 Å². The first-order valence-electron chi connectivity index (χ1n) is 7.72. The van der Waals surface area contributed by atoms with Crippen molar-refractivity contribution in [1.82, 2.24) is 15.2 Å². The van der Waals surface area contributed by atoms with Crippen LogP contribution in [0.3, 0.4) is 0 Å². The monoisotopic (exact) mass is 357 g/mol. The number of phenols is 1. The number of hydrogen-bond donors (Lipinski definition) is 2. The van der Waals surface area contributed by atoms with Crippen LogP contribution in [0, 0.1) is 0 Å². The average Bonchev–Trinajstić information content (AvgIpc) is 3.16. The third-order valence-corrected chi connectivity index (χ3v) is 3.88. The maximum absolute atomic E-state index is 9.94. The van der Waals surface area contributed by atoms with E-state index in [-0.39, 0.29) is 5.75 Å². The van der Waals surface area contributed by atoms with Gasteiger partial charge in [0.25, 0.3) is 0 Å². The highest BCUT2D eigenvalue weighted by Crippen LogP contribution is 2.43. The molecule has 136 valence electrons. The molecule has 0 atom stereocenters. The lowest BCUT2D eigenvalue weighted by atomic mass is 10.1. The predicted molar refractivity (Wildman–Crippen MR) is 95.1 cm³/mol. The van der Waals surface area contributed by atoms with E-state index >= 15 is 0 Å². The zero-order chi connectivity index (χ0) is 18.7. The Kier molecular flexibility index (Phi) is 4.83. The van der Waals surface area contributed by atoms with Crippen molar-refractivity contribution >= 4 is 0 Å². The summed E-state index contributed by atoms with van der Waals surface area (Å²) >= 11 is 0. The third-order valence-electron chi connectivity index (χ3n) is 3.88. The molecule has 3 aromatic rings. The number of rotatable bonds is 6. The molecule has 0 fully saturated rings. The van der Waals surface area contributed by atoms with Crippen LogP contribution in [0.15, 0.2) is 30.3 Å². The van der Waals surface area contributed by atoms with E-state index in [0.29, 0.717) is 45.8 Å². The molecule has 0 aliphatic rings. The smallest absolute Gasteiger partial charge is 0.204 e. The Balaban J connectivity index is 2.04. The van der Waals surface area contributed by atoms with Gasteiger partial charge >= 0.3 is 0 Å². The van der Waals surface area contributed by atoms with Crippen LogP contribution in [0.25, 0.3) is 22.8 Å². The van der Waals surface area contributed by atoms with Crippen LogP contribution in [-0.4, -0.2) is 48.7 Å². The summed E-state index contributed by atoms with van der Waals surface area (Å²) in [5, 5.41) is 17.0. The minimum Gasteiger partial charge on any atom is -0.504 e. The number of aromatic amines is 1. The molecule has 8 nitrogen and oxygen atoms in total. The number of phenolic OH excluding ortho intramolecular Hbond substituents is 1. The number of nitrogens with one attached hydrogen (secondary N) is 1. The van der Waals surface area contributed by atoms with Crippen LogP contribution in [0.4, 0.5) is 0 Å². The van der Waals surface area contributed by atoms with Crippen molar-refractivity contribution < 1.29 is 24.1 Å². The normalized spacial score (nSPS) is 10.5. The fourth-order valence-electron chi connectivity index (χ4n) is 2.63. The van der Waals surface area contributed by atoms with Crippen LogP contribution in [0.2, 0.25) is 0 Å². The first-order valence-corrected chi connectivity index (χ1v) is 7.72. The second-order valence-electron chi connectivity index (χ2n) is 5.28. The molecule has 0 radical (unpaired) electrons. The number of H-pyrrole nitrogens is 1. The van der Waals surface area contributed by atoms with Crippen molar-refractivity contribution in [2.75, 3.05) is 28.4 Å². The van der Waals surface area contributed by atoms with Crippen LogP contribution >= 0.6 is 0 Å². The quantitative estimate of drug-likeness (QED) is 0.700. The number of nitrogens with zero attached hydrogens (tertiary/aromatic N) is 2. The summed E-state index contributed by atoms with van der Waals surface area (Å²) in [6.07, 6.45) is 0. The van der Waals surface area contributed by atoms with Crippen molar-refractivity contribution in [2.45, 2.75) is 0 Å². The molecule has 0 saturated carbocycles. The molecule has 0 unspecified atom stereocenters. The van der Waals surface area contributed by atoms with Gasteiger partial charge in [0.2, 0.25) is 5.75 Å². The number of benzene rings is 2. The van der Waals surface area contributed by atoms with Gasteiger partial charge in [0.05, 0.1) is 34.0 Å². The van der Waals surface area contributed by atoms with Crippen molar-refractivity contribution in [3.63, 3.8) is 0 Å². The molecule has 0 aliphatic heterocycles. The molecular formula is C18H19N3O5. The van der Waals surface area contributed by atoms with Gasteiger partial charge in [-0.25, -0.2) is 4.98 Å². The molecule has 1 heterocycles. The predicted octanol–water partition coefficient (Wildman–Crippen LogP) is 2.88. The molecule has 3 rings (SSSR count). The molecule has 26 heavy (non-hydrogen) atoms. The Morgan fingerprint density at radius 3 is 2.15 bits per heavy atom. The van der Waals surface area contributed by atoms with Gasteiger partial charge in [0.1, 0.15) is 0 Å². The molecule has 1 aromatic heterocycles. The Hall–Kier alpha value is -3.42. The van der Waals surface area contributed by atoms with Gasteiger partial charge in [-0.1, -0.05) is 0 Å². The zero-order valence-electron chi connectivity index (χ0n) is 14.9. The van der Waals surface area contributed by atoms with Gasteiger partial charge < -0.3 is 24.1 Å². The van der Waals surface area contributed by atoms with Crippen molar-refractivity contribution in [2.24, 2.45) is 0 Å². The molecule has 0 spiro atoms. The van der Waals surface area contributed by atoms with Crippen LogP contribution < -0.4 is 18.9 Å². The molecular weight excluding hydrogens is 338 g/mol. The van der Waals surface area contributed by atoms with Crippen molar-refractivity contribution in [3.8, 4) is 51.5 Å². The second kappa shape index (κ2) is 7.22. The number of aromatic hydroxyl groups is 1. The fraction of sp³-hybridized carbons (Fsp3) is 0.222. The van der Waals surface area contributed by atoms with Gasteiger partial charge in [0, 0.05) is 5.56 Å². The SMILES string of the molecule is COc1ccc(-c2n[nH]c(-c3ccc(OC)c(OC)c3OC)n2)cc1O. The third kappa shape index (κ3) is 2.97. The molecule has 8 heteroatoms. The van der Waals surface area contributed by atoms with Crippen LogP contribution in [-0.2, 0) is 0 Å². The lowest BCUT2D eigenvalue weighted by Crippen LogP contribution is -1.97. The van der Waals surface area contributed by atoms with E-state index in [0.717, 1.165) is 0 Å². The van der Waals surface area contributed by atoms with Gasteiger partial charge in [-0.15, -0.1) is 0 Å². The van der Waals surface area contributed by atoms with Gasteiger partial charge in [-0.05, 0) is 30.3 Å². The van der Waals surface area contributed by atoms with Crippen molar-refractivity contribution in [3.05, 3.63) is 30.3 Å². The van der Waals surface area contributed by atoms with Gasteiger partial charge in [-0.3, -0.25) is 5.10 Å². The van der Waals surface area contributed by atoms with E-state index in [2.05, 4.69) is 15.2 Å². The van der Waals surface area contributed by atoms with Gasteiger partial charge in [-0.2, -0.15) is 5.10 Å². The molecule has 2 N–H and O–H groups in total. The zero-order valence-corrected chi connectivity index (χ0v) is 14.9. The van der Waals surface area contributed by atoms with Crippen LogP contribution in [0.1, 0.15) is 0 Å². The Morgan fingerprint density at radius 1 is 0.846 bits per heavy atom. The molecule has 0 amide bonds. The van der Waals surface area contributed by atoms with E-state index in [1.807, 2.05) is 0 Å². The fourth-order valence-corrected chi connectivity index (χ4v) is 2.63. The lowest BCUT2D eigenvalue weighted by molar-refractivity contribution is 0.325. The standard InChI is InChI=1S/C18H19N3O5/c1-23-13-7-5-10(9-12(13)22)17-19-18(21-20-17)11-6-8-14(24-2)16(26-4)15(11)25-3/h5-9,22H,1-4H3,(H,19,20,21). The van der Waals surface area contributed by atoms with Crippen molar-refractivity contribution in [1.29, 1.82) is 0 Å². The van der Waals surface area contributed by atoms with Crippen LogP contribution in [0.5, 0.6) is 28.7 Å². The lowest BCUT2D eigenvalue weighted by Gasteiger charge is -2.14. The average molecular weight is 357 g/mol. The first-order chi connectivity index (χ1) is 12.6.